The second kappa shape index (κ2) is 4.19. The Morgan fingerprint density at radius 3 is 2.17 bits per heavy atom. The van der Waals surface area contributed by atoms with Gasteiger partial charge in [0.15, 0.2) is 0 Å². The maximum Gasteiger partial charge on any atom is 0.0963 e. The molecule has 3 heteroatoms. The quantitative estimate of drug-likeness (QED) is 0.673. The molecule has 0 aromatic heterocycles. The van der Waals surface area contributed by atoms with Crippen LogP contribution in [0.4, 0.5) is 0 Å². The molecule has 2 aliphatic carbocycles. The predicted molar refractivity (Wildman–Crippen MR) is 71.1 cm³/mol. The highest BCUT2D eigenvalue weighted by atomic mass is 16.4. The third kappa shape index (κ3) is 2.10. The summed E-state index contributed by atoms with van der Waals surface area (Å²) in [5.41, 5.74) is -2.74. The van der Waals surface area contributed by atoms with Crippen LogP contribution in [0.5, 0.6) is 0 Å². The van der Waals surface area contributed by atoms with Gasteiger partial charge in [0.1, 0.15) is 0 Å². The van der Waals surface area contributed by atoms with Gasteiger partial charge in [0, 0.05) is 0 Å². The van der Waals surface area contributed by atoms with E-state index in [9.17, 15) is 15.3 Å². The summed E-state index contributed by atoms with van der Waals surface area (Å²) >= 11 is 0. The van der Waals surface area contributed by atoms with E-state index in [1.54, 1.807) is 6.92 Å². The summed E-state index contributed by atoms with van der Waals surface area (Å²) < 4.78 is 0. The van der Waals surface area contributed by atoms with Crippen molar-refractivity contribution < 1.29 is 15.3 Å². The highest BCUT2D eigenvalue weighted by molar-refractivity contribution is 5.11. The van der Waals surface area contributed by atoms with Crippen molar-refractivity contribution in [2.75, 3.05) is 0 Å². The van der Waals surface area contributed by atoms with Crippen LogP contribution in [0.2, 0.25) is 0 Å². The summed E-state index contributed by atoms with van der Waals surface area (Å²) in [5, 5.41) is 31.9. The molecule has 2 rings (SSSR count). The van der Waals surface area contributed by atoms with Crippen LogP contribution in [0.3, 0.4) is 0 Å². The van der Waals surface area contributed by atoms with E-state index in [0.717, 1.165) is 6.42 Å². The maximum absolute atomic E-state index is 11.0. The van der Waals surface area contributed by atoms with Gasteiger partial charge in [-0.2, -0.15) is 0 Å². The van der Waals surface area contributed by atoms with Crippen molar-refractivity contribution in [1.82, 2.24) is 0 Å². The molecule has 0 aromatic rings. The molecule has 0 heterocycles. The molecule has 2 fully saturated rings. The maximum atomic E-state index is 11.0. The van der Waals surface area contributed by atoms with Crippen LogP contribution in [-0.4, -0.2) is 32.1 Å². The molecule has 0 bridgehead atoms. The van der Waals surface area contributed by atoms with Crippen LogP contribution in [0.25, 0.3) is 0 Å². The summed E-state index contributed by atoms with van der Waals surface area (Å²) in [4.78, 5) is 0. The fourth-order valence-electron chi connectivity index (χ4n) is 4.23. The lowest BCUT2D eigenvalue weighted by Crippen LogP contribution is -2.66. The van der Waals surface area contributed by atoms with E-state index in [-0.39, 0.29) is 5.92 Å². The number of hydrogen-bond donors (Lipinski definition) is 3. The average Bonchev–Trinajstić information content (AvgIpc) is 2.21. The molecule has 3 N–H and O–H groups in total. The largest absolute Gasteiger partial charge is 0.390 e. The van der Waals surface area contributed by atoms with Crippen LogP contribution in [0, 0.1) is 17.8 Å². The lowest BCUT2D eigenvalue weighted by atomic mass is 9.52. The molecule has 18 heavy (non-hydrogen) atoms. The number of fused-ring (bicyclic) bond motifs is 1. The second-order valence-electron chi connectivity index (χ2n) is 7.45. The monoisotopic (exact) mass is 256 g/mol. The predicted octanol–water partition coefficient (Wildman–Crippen LogP) is 2.09. The highest BCUT2D eigenvalue weighted by Crippen LogP contribution is 2.55. The Labute approximate surface area is 110 Å². The summed E-state index contributed by atoms with van der Waals surface area (Å²) in [7, 11) is 0. The summed E-state index contributed by atoms with van der Waals surface area (Å²) in [6, 6.07) is 0. The molecule has 2 aliphatic rings. The normalized spacial score (nSPS) is 53.3. The van der Waals surface area contributed by atoms with Gasteiger partial charge >= 0.3 is 0 Å². The summed E-state index contributed by atoms with van der Waals surface area (Å²) in [6.45, 7) is 7.97. The highest BCUT2D eigenvalue weighted by Gasteiger charge is 2.60. The first kappa shape index (κ1) is 14.3. The van der Waals surface area contributed by atoms with E-state index in [1.165, 1.54) is 0 Å². The zero-order valence-corrected chi connectivity index (χ0v) is 12.1. The van der Waals surface area contributed by atoms with E-state index in [2.05, 4.69) is 13.8 Å². The van der Waals surface area contributed by atoms with Crippen molar-refractivity contribution in [2.24, 2.45) is 17.8 Å². The van der Waals surface area contributed by atoms with E-state index >= 15 is 0 Å². The number of aliphatic hydroxyl groups is 3. The molecule has 5 atom stereocenters. The molecule has 0 saturated heterocycles. The van der Waals surface area contributed by atoms with Gasteiger partial charge in [0.05, 0.1) is 16.8 Å². The molecule has 2 saturated carbocycles. The first-order chi connectivity index (χ1) is 8.09. The van der Waals surface area contributed by atoms with Crippen LogP contribution < -0.4 is 0 Å². The van der Waals surface area contributed by atoms with Gasteiger partial charge in [0.25, 0.3) is 0 Å². The van der Waals surface area contributed by atoms with Crippen molar-refractivity contribution in [3.05, 3.63) is 0 Å². The van der Waals surface area contributed by atoms with E-state index < -0.39 is 16.8 Å². The Balaban J connectivity index is 2.35. The van der Waals surface area contributed by atoms with Crippen LogP contribution >= 0.6 is 0 Å². The fraction of sp³-hybridized carbons (Fsp3) is 1.00. The Bertz CT molecular complexity index is 322. The number of hydrogen-bond acceptors (Lipinski definition) is 3. The third-order valence-corrected chi connectivity index (χ3v) is 5.59. The summed E-state index contributed by atoms with van der Waals surface area (Å²) in [6.07, 6.45) is 3.27. The lowest BCUT2D eigenvalue weighted by Gasteiger charge is -2.58. The van der Waals surface area contributed by atoms with Gasteiger partial charge in [-0.25, -0.2) is 0 Å². The van der Waals surface area contributed by atoms with Gasteiger partial charge in [-0.3, -0.25) is 0 Å². The Hall–Kier alpha value is -0.120. The van der Waals surface area contributed by atoms with Crippen molar-refractivity contribution >= 4 is 0 Å². The van der Waals surface area contributed by atoms with Crippen LogP contribution in [-0.2, 0) is 0 Å². The molecule has 106 valence electrons. The van der Waals surface area contributed by atoms with E-state index in [1.807, 2.05) is 6.92 Å². The second-order valence-corrected chi connectivity index (χ2v) is 7.45. The lowest BCUT2D eigenvalue weighted by molar-refractivity contribution is -0.247. The molecule has 0 aromatic carbocycles. The minimum Gasteiger partial charge on any atom is -0.390 e. The average molecular weight is 256 g/mol. The Morgan fingerprint density at radius 1 is 1.00 bits per heavy atom. The van der Waals surface area contributed by atoms with E-state index in [0.29, 0.717) is 37.5 Å². The third-order valence-electron chi connectivity index (χ3n) is 5.59. The smallest absolute Gasteiger partial charge is 0.0963 e. The van der Waals surface area contributed by atoms with Crippen molar-refractivity contribution in [3.63, 3.8) is 0 Å². The Morgan fingerprint density at radius 2 is 1.61 bits per heavy atom. The minimum atomic E-state index is -1.03. The molecular formula is C15H28O3. The summed E-state index contributed by atoms with van der Waals surface area (Å²) in [5.74, 6) is 0.874. The first-order valence-electron chi connectivity index (χ1n) is 7.26. The van der Waals surface area contributed by atoms with Gasteiger partial charge in [-0.1, -0.05) is 13.8 Å². The minimum absolute atomic E-state index is 0.00463. The number of rotatable bonds is 1. The van der Waals surface area contributed by atoms with Crippen molar-refractivity contribution in [2.45, 2.75) is 76.6 Å². The zero-order chi connectivity index (χ0) is 13.8. The van der Waals surface area contributed by atoms with Crippen molar-refractivity contribution in [1.29, 1.82) is 0 Å². The zero-order valence-electron chi connectivity index (χ0n) is 12.1. The first-order valence-corrected chi connectivity index (χ1v) is 7.26. The molecule has 0 amide bonds. The van der Waals surface area contributed by atoms with Gasteiger partial charge in [0.2, 0.25) is 0 Å². The van der Waals surface area contributed by atoms with E-state index in [4.69, 9.17) is 0 Å². The molecule has 5 unspecified atom stereocenters. The molecule has 0 spiro atoms. The van der Waals surface area contributed by atoms with Crippen LogP contribution in [0.1, 0.15) is 59.8 Å². The molecule has 3 nitrogen and oxygen atoms in total. The van der Waals surface area contributed by atoms with Gasteiger partial charge < -0.3 is 15.3 Å². The molecule has 0 aliphatic heterocycles. The topological polar surface area (TPSA) is 60.7 Å². The molecule has 0 radical (unpaired) electrons. The molecular weight excluding hydrogens is 228 g/mol. The van der Waals surface area contributed by atoms with Crippen molar-refractivity contribution in [3.8, 4) is 0 Å². The Kier molecular flexibility index (Phi) is 3.33. The standard InChI is InChI=1S/C15H28O3/c1-10(2)11-5-6-14(4,17)15(18)8-7-13(3,16)9-12(11)15/h10-12,16-18H,5-9H2,1-4H3. The van der Waals surface area contributed by atoms with Gasteiger partial charge in [-0.05, 0) is 63.7 Å². The SMILES string of the molecule is CC(C)C1CCC(C)(O)C2(O)CCC(C)(O)CC12. The van der Waals surface area contributed by atoms with Gasteiger partial charge in [-0.15, -0.1) is 0 Å². The fourth-order valence-corrected chi connectivity index (χ4v) is 4.23. The van der Waals surface area contributed by atoms with Crippen LogP contribution in [0.15, 0.2) is 0 Å².